The zero-order valence-electron chi connectivity index (χ0n) is 6.05. The molecule has 0 N–H and O–H groups in total. The molecule has 1 saturated heterocycles. The fraction of sp³-hybridized carbons (Fsp3) is 1.00. The van der Waals surface area contributed by atoms with E-state index in [-0.39, 0.29) is 6.92 Å². The molecule has 1 aliphatic heterocycles. The molecule has 1 rings (SSSR count). The second-order valence-corrected chi connectivity index (χ2v) is 2.71. The van der Waals surface area contributed by atoms with Crippen LogP contribution in [-0.2, 0) is 4.74 Å². The molecule has 78 valence electrons. The molecule has 0 aromatic carbocycles. The molecule has 0 bridgehead atoms. The molecule has 0 radical (unpaired) electrons. The molecule has 0 saturated carbocycles. The van der Waals surface area contributed by atoms with Crippen LogP contribution >= 0.6 is 0 Å². The van der Waals surface area contributed by atoms with Gasteiger partial charge < -0.3 is 0 Å². The molecular formula is C5H3F7O. The van der Waals surface area contributed by atoms with E-state index in [1.54, 1.807) is 0 Å². The van der Waals surface area contributed by atoms with E-state index in [1.807, 2.05) is 0 Å². The molecular weight excluding hydrogens is 209 g/mol. The van der Waals surface area contributed by atoms with Crippen molar-refractivity contribution in [1.29, 1.82) is 0 Å². The molecule has 13 heavy (non-hydrogen) atoms. The summed E-state index contributed by atoms with van der Waals surface area (Å²) in [5.74, 6) is -4.60. The molecule has 1 aliphatic rings. The first-order valence-corrected chi connectivity index (χ1v) is 2.98. The van der Waals surface area contributed by atoms with Crippen LogP contribution in [0.15, 0.2) is 0 Å². The van der Waals surface area contributed by atoms with E-state index >= 15 is 0 Å². The lowest BCUT2D eigenvalue weighted by Gasteiger charge is -2.23. The molecule has 2 atom stereocenters. The predicted molar refractivity (Wildman–Crippen MR) is 25.4 cm³/mol. The molecule has 0 amide bonds. The molecule has 0 aromatic heterocycles. The Labute approximate surface area is 67.5 Å². The number of alkyl halides is 7. The normalized spacial score (nSPS) is 36.9. The zero-order valence-corrected chi connectivity index (χ0v) is 6.05. The van der Waals surface area contributed by atoms with Gasteiger partial charge in [0.05, 0.1) is 0 Å². The summed E-state index contributed by atoms with van der Waals surface area (Å²) < 4.78 is 86.6. The van der Waals surface area contributed by atoms with Crippen molar-refractivity contribution in [2.24, 2.45) is 0 Å². The maximum absolute atomic E-state index is 12.6. The highest BCUT2D eigenvalue weighted by Crippen LogP contribution is 2.63. The van der Waals surface area contributed by atoms with Crippen LogP contribution in [0.25, 0.3) is 0 Å². The standard InChI is InChI=1S/C5H3F7O/c1-2(6,4(8,9)10)3(7)5(11,12)13-3/h1H3. The Morgan fingerprint density at radius 2 is 1.31 bits per heavy atom. The van der Waals surface area contributed by atoms with Crippen molar-refractivity contribution in [2.75, 3.05) is 0 Å². The third-order valence-corrected chi connectivity index (χ3v) is 1.74. The minimum absolute atomic E-state index is 0.339. The van der Waals surface area contributed by atoms with Gasteiger partial charge in [-0.2, -0.15) is 26.3 Å². The Morgan fingerprint density at radius 3 is 1.38 bits per heavy atom. The number of halogens is 7. The monoisotopic (exact) mass is 212 g/mol. The molecule has 0 spiro atoms. The fourth-order valence-electron chi connectivity index (χ4n) is 0.703. The Bertz CT molecular complexity index is 232. The molecule has 2 unspecified atom stereocenters. The Balaban J connectivity index is 2.97. The molecule has 8 heteroatoms. The average Bonchev–Trinajstić information content (AvgIpc) is 2.31. The predicted octanol–water partition coefficient (Wildman–Crippen LogP) is 2.57. The lowest BCUT2D eigenvalue weighted by atomic mass is 10.0. The van der Waals surface area contributed by atoms with Crippen LogP contribution in [0.4, 0.5) is 30.7 Å². The molecule has 0 aliphatic carbocycles. The van der Waals surface area contributed by atoms with Gasteiger partial charge in [-0.05, 0) is 6.92 Å². The fourth-order valence-corrected chi connectivity index (χ4v) is 0.703. The summed E-state index contributed by atoms with van der Waals surface area (Å²) in [6, 6.07) is 0. The van der Waals surface area contributed by atoms with Crippen LogP contribution in [0.3, 0.4) is 0 Å². The van der Waals surface area contributed by atoms with Crippen molar-refractivity contribution in [3.05, 3.63) is 0 Å². The highest BCUT2D eigenvalue weighted by Gasteiger charge is 2.91. The summed E-state index contributed by atoms with van der Waals surface area (Å²) in [4.78, 5) is 0. The SMILES string of the molecule is CC(F)(C(F)(F)F)C1(F)OC1(F)F. The van der Waals surface area contributed by atoms with Gasteiger partial charge in [-0.1, -0.05) is 0 Å². The number of epoxide rings is 1. The van der Waals surface area contributed by atoms with Gasteiger partial charge in [0.25, 0.3) is 5.67 Å². The number of ether oxygens (including phenoxy) is 1. The van der Waals surface area contributed by atoms with Crippen molar-refractivity contribution >= 4 is 0 Å². The third kappa shape index (κ3) is 1.11. The summed E-state index contributed by atoms with van der Waals surface area (Å²) >= 11 is 0. The van der Waals surface area contributed by atoms with Crippen LogP contribution in [0.1, 0.15) is 6.92 Å². The van der Waals surface area contributed by atoms with Crippen LogP contribution < -0.4 is 0 Å². The second-order valence-electron chi connectivity index (χ2n) is 2.71. The van der Waals surface area contributed by atoms with Gasteiger partial charge in [-0.15, -0.1) is 0 Å². The van der Waals surface area contributed by atoms with E-state index in [0.717, 1.165) is 0 Å². The molecule has 1 fully saturated rings. The summed E-state index contributed by atoms with van der Waals surface area (Å²) in [6.45, 7) is -0.339. The summed E-state index contributed by atoms with van der Waals surface area (Å²) in [5.41, 5.74) is -4.72. The van der Waals surface area contributed by atoms with E-state index in [2.05, 4.69) is 4.74 Å². The van der Waals surface area contributed by atoms with Gasteiger partial charge in [-0.3, -0.25) is 4.74 Å². The summed E-state index contributed by atoms with van der Waals surface area (Å²) in [7, 11) is 0. The van der Waals surface area contributed by atoms with Crippen molar-refractivity contribution < 1.29 is 35.5 Å². The number of hydrogen-bond acceptors (Lipinski definition) is 1. The minimum atomic E-state index is -5.75. The van der Waals surface area contributed by atoms with E-state index < -0.39 is 23.8 Å². The van der Waals surface area contributed by atoms with Gasteiger partial charge >= 0.3 is 18.1 Å². The zero-order chi connectivity index (χ0) is 10.7. The van der Waals surface area contributed by atoms with Gasteiger partial charge in [0.2, 0.25) is 0 Å². The smallest absolute Gasteiger partial charge is 0.267 e. The Morgan fingerprint density at radius 1 is 1.00 bits per heavy atom. The van der Waals surface area contributed by atoms with E-state index in [1.165, 1.54) is 0 Å². The van der Waals surface area contributed by atoms with Gasteiger partial charge in [0.1, 0.15) is 0 Å². The molecule has 1 heterocycles. The van der Waals surface area contributed by atoms with Gasteiger partial charge in [-0.25, -0.2) is 4.39 Å². The van der Waals surface area contributed by atoms with Crippen molar-refractivity contribution in [3.8, 4) is 0 Å². The summed E-state index contributed by atoms with van der Waals surface area (Å²) in [6.07, 6.45) is -10.5. The second kappa shape index (κ2) is 2.10. The van der Waals surface area contributed by atoms with E-state index in [9.17, 15) is 30.7 Å². The third-order valence-electron chi connectivity index (χ3n) is 1.74. The van der Waals surface area contributed by atoms with E-state index in [4.69, 9.17) is 0 Å². The Kier molecular flexibility index (Phi) is 1.70. The highest BCUT2D eigenvalue weighted by molar-refractivity contribution is 5.10. The average molecular weight is 212 g/mol. The lowest BCUT2D eigenvalue weighted by molar-refractivity contribution is -0.267. The number of hydrogen-bond donors (Lipinski definition) is 0. The highest BCUT2D eigenvalue weighted by atomic mass is 19.4. The van der Waals surface area contributed by atoms with Crippen LogP contribution in [0.2, 0.25) is 0 Å². The number of rotatable bonds is 1. The molecule has 0 aromatic rings. The van der Waals surface area contributed by atoms with Crippen LogP contribution in [-0.4, -0.2) is 23.8 Å². The maximum atomic E-state index is 12.6. The van der Waals surface area contributed by atoms with Gasteiger partial charge in [0.15, 0.2) is 0 Å². The topological polar surface area (TPSA) is 12.5 Å². The first-order valence-electron chi connectivity index (χ1n) is 2.98. The van der Waals surface area contributed by atoms with Crippen LogP contribution in [0.5, 0.6) is 0 Å². The van der Waals surface area contributed by atoms with Crippen LogP contribution in [0, 0.1) is 0 Å². The molecule has 1 nitrogen and oxygen atoms in total. The lowest BCUT2D eigenvalue weighted by Crippen LogP contribution is -2.50. The summed E-state index contributed by atoms with van der Waals surface area (Å²) in [5, 5.41) is 0. The van der Waals surface area contributed by atoms with Crippen molar-refractivity contribution in [1.82, 2.24) is 0 Å². The first-order chi connectivity index (χ1) is 5.46. The van der Waals surface area contributed by atoms with Crippen molar-refractivity contribution in [2.45, 2.75) is 30.7 Å². The van der Waals surface area contributed by atoms with E-state index in [0.29, 0.717) is 0 Å². The quantitative estimate of drug-likeness (QED) is 0.480. The minimum Gasteiger partial charge on any atom is -0.267 e. The first kappa shape index (κ1) is 10.6. The largest absolute Gasteiger partial charge is 0.428 e. The Hall–Kier alpha value is -0.530. The van der Waals surface area contributed by atoms with Crippen molar-refractivity contribution in [3.63, 3.8) is 0 Å². The maximum Gasteiger partial charge on any atom is 0.428 e. The van der Waals surface area contributed by atoms with Gasteiger partial charge in [0, 0.05) is 0 Å².